The molecule has 0 aliphatic heterocycles. The fourth-order valence-electron chi connectivity index (χ4n) is 2.68. The molecule has 0 unspecified atom stereocenters. The Morgan fingerprint density at radius 1 is 1.32 bits per heavy atom. The van der Waals surface area contributed by atoms with Crippen molar-refractivity contribution in [2.75, 3.05) is 12.8 Å². The first-order valence-corrected chi connectivity index (χ1v) is 9.03. The average Bonchev–Trinajstić information content (AvgIpc) is 2.81. The molecule has 2 aromatic heterocycles. The summed E-state index contributed by atoms with van der Waals surface area (Å²) < 4.78 is 4.64. The van der Waals surface area contributed by atoms with Gasteiger partial charge in [-0.25, -0.2) is 20.3 Å². The molecule has 3 aromatic rings. The number of methoxy groups -OCH3 is 1. The number of aromatic nitrogens is 3. The van der Waals surface area contributed by atoms with Crippen LogP contribution in [0.1, 0.15) is 27.3 Å². The summed E-state index contributed by atoms with van der Waals surface area (Å²) in [5, 5.41) is 15.6. The van der Waals surface area contributed by atoms with Gasteiger partial charge in [0.1, 0.15) is 5.70 Å². The van der Waals surface area contributed by atoms with Crippen molar-refractivity contribution in [1.82, 2.24) is 20.3 Å². The maximum Gasteiger partial charge on any atom is 0.339 e. The summed E-state index contributed by atoms with van der Waals surface area (Å²) in [4.78, 5) is 24.0. The summed E-state index contributed by atoms with van der Waals surface area (Å²) in [5.41, 5.74) is 16.6. The average molecular weight is 414 g/mol. The minimum absolute atomic E-state index is 0.0180. The number of hydrogen-bond acceptors (Lipinski definition) is 10. The predicted molar refractivity (Wildman–Crippen MR) is 112 cm³/mol. The number of pyridine rings is 1. The molecular weight excluding hydrogens is 396 g/mol. The van der Waals surface area contributed by atoms with Crippen molar-refractivity contribution >= 4 is 17.6 Å². The zero-order valence-corrected chi connectivity index (χ0v) is 16.5. The normalized spacial score (nSPS) is 10.8. The number of ether oxygens (including phenoxy) is 1. The van der Waals surface area contributed by atoms with Crippen LogP contribution in [0.15, 0.2) is 60.0 Å². The van der Waals surface area contributed by atoms with E-state index in [0.29, 0.717) is 40.3 Å². The molecule has 154 valence electrons. The second kappa shape index (κ2) is 9.71. The van der Waals surface area contributed by atoms with Crippen LogP contribution >= 0.6 is 0 Å². The molecule has 0 spiro atoms. The smallest absolute Gasteiger partial charge is 0.339 e. The fraction of sp³-hybridized carbons (Fsp3) is 0.0952. The Labute approximate surface area is 177 Å². The molecule has 2 heterocycles. The van der Waals surface area contributed by atoms with E-state index in [2.05, 4.69) is 36.2 Å². The third-order valence-electron chi connectivity index (χ3n) is 4.18. The number of nitrogens with two attached hydrogens (primary N) is 1. The van der Waals surface area contributed by atoms with Gasteiger partial charge in [0.05, 0.1) is 47.9 Å². The number of nitriles is 1. The summed E-state index contributed by atoms with van der Waals surface area (Å²) >= 11 is 0. The highest BCUT2D eigenvalue weighted by Gasteiger charge is 2.10. The molecule has 0 bridgehead atoms. The lowest BCUT2D eigenvalue weighted by molar-refractivity contribution is 0.0600. The maximum absolute atomic E-state index is 11.5. The van der Waals surface area contributed by atoms with Gasteiger partial charge >= 0.3 is 5.97 Å². The van der Waals surface area contributed by atoms with Gasteiger partial charge in [-0.15, -0.1) is 0 Å². The monoisotopic (exact) mass is 414 g/mol. The molecule has 0 saturated heterocycles. The van der Waals surface area contributed by atoms with Crippen LogP contribution in [-0.4, -0.2) is 28.0 Å². The molecule has 0 fully saturated rings. The summed E-state index contributed by atoms with van der Waals surface area (Å²) in [6.45, 7) is 0.331. The summed E-state index contributed by atoms with van der Waals surface area (Å²) in [6.07, 6.45) is 2.94. The lowest BCUT2D eigenvalue weighted by Gasteiger charge is -2.07. The van der Waals surface area contributed by atoms with Crippen molar-refractivity contribution in [2.45, 2.75) is 6.54 Å². The zero-order chi connectivity index (χ0) is 22.2. The van der Waals surface area contributed by atoms with Crippen LogP contribution in [0.2, 0.25) is 0 Å². The molecule has 4 N–H and O–H groups in total. The van der Waals surface area contributed by atoms with Crippen molar-refractivity contribution in [1.29, 1.82) is 10.8 Å². The van der Waals surface area contributed by atoms with Gasteiger partial charge in [0.2, 0.25) is 5.95 Å². The number of nitrogens with one attached hydrogen (secondary N) is 2. The van der Waals surface area contributed by atoms with E-state index in [1.165, 1.54) is 19.5 Å². The second-order valence-electron chi connectivity index (χ2n) is 6.24. The van der Waals surface area contributed by atoms with Crippen LogP contribution in [0.25, 0.3) is 17.0 Å². The first-order valence-electron chi connectivity index (χ1n) is 9.03. The number of benzene rings is 1. The van der Waals surface area contributed by atoms with Crippen LogP contribution in [0.5, 0.6) is 0 Å². The van der Waals surface area contributed by atoms with E-state index in [-0.39, 0.29) is 11.6 Å². The summed E-state index contributed by atoms with van der Waals surface area (Å²) in [6, 6.07) is 13.9. The van der Waals surface area contributed by atoms with Crippen molar-refractivity contribution < 1.29 is 9.53 Å². The molecule has 0 amide bonds. The van der Waals surface area contributed by atoms with Crippen molar-refractivity contribution in [3.63, 3.8) is 0 Å². The van der Waals surface area contributed by atoms with Gasteiger partial charge < -0.3 is 15.8 Å². The molecule has 3 rings (SSSR count). The van der Waals surface area contributed by atoms with Gasteiger partial charge in [-0.2, -0.15) is 10.4 Å². The number of anilines is 1. The molecular formula is C21H18N8O2. The van der Waals surface area contributed by atoms with Crippen molar-refractivity contribution in [3.05, 3.63) is 77.4 Å². The highest BCUT2D eigenvalue weighted by Crippen LogP contribution is 2.23. The lowest BCUT2D eigenvalue weighted by Crippen LogP contribution is -2.09. The Hall–Kier alpha value is -4.65. The van der Waals surface area contributed by atoms with E-state index < -0.39 is 5.97 Å². The predicted octanol–water partition coefficient (Wildman–Crippen LogP) is 2.90. The standard InChI is InChI=1S/C21H18N8O2/c1-31-20(30)15-5-6-16(26-10-15)11-25-12-19(29-24)18-8-17(27-21(23)28-18)14-4-2-3-13(7-14)9-22/h2-8,10,12,24-25H,11H2,1H3,(H2,23,27,28)/b19-12-,29-24?. The number of hydrogen-bond donors (Lipinski definition) is 3. The first kappa shape index (κ1) is 21.1. The molecule has 0 saturated carbocycles. The quantitative estimate of drug-likeness (QED) is 0.392. The Bertz CT molecular complexity index is 1180. The minimum Gasteiger partial charge on any atom is -0.465 e. The van der Waals surface area contributed by atoms with E-state index in [4.69, 9.17) is 16.5 Å². The van der Waals surface area contributed by atoms with Gasteiger partial charge in [-0.1, -0.05) is 12.1 Å². The Balaban J connectivity index is 1.79. The number of esters is 1. The Morgan fingerprint density at radius 3 is 2.84 bits per heavy atom. The molecule has 1 aromatic carbocycles. The number of rotatable bonds is 7. The largest absolute Gasteiger partial charge is 0.465 e. The van der Waals surface area contributed by atoms with E-state index in [9.17, 15) is 4.79 Å². The van der Waals surface area contributed by atoms with Crippen LogP contribution in [0.4, 0.5) is 5.95 Å². The molecule has 0 atom stereocenters. The molecule has 31 heavy (non-hydrogen) atoms. The first-order chi connectivity index (χ1) is 15.0. The summed E-state index contributed by atoms with van der Waals surface area (Å²) in [7, 11) is 1.31. The Kier molecular flexibility index (Phi) is 6.60. The number of carbonyl (C=O) groups is 1. The van der Waals surface area contributed by atoms with Crippen LogP contribution < -0.4 is 11.1 Å². The van der Waals surface area contributed by atoms with Gasteiger partial charge in [0.25, 0.3) is 0 Å². The van der Waals surface area contributed by atoms with Gasteiger partial charge in [0, 0.05) is 18.0 Å². The van der Waals surface area contributed by atoms with Crippen molar-refractivity contribution in [2.24, 2.45) is 5.11 Å². The van der Waals surface area contributed by atoms with E-state index in [1.807, 2.05) is 0 Å². The molecule has 0 aliphatic rings. The lowest BCUT2D eigenvalue weighted by atomic mass is 10.1. The fourth-order valence-corrected chi connectivity index (χ4v) is 2.68. The van der Waals surface area contributed by atoms with Gasteiger partial charge in [-0.05, 0) is 30.3 Å². The van der Waals surface area contributed by atoms with Crippen LogP contribution in [0, 0.1) is 16.9 Å². The highest BCUT2D eigenvalue weighted by atomic mass is 16.5. The zero-order valence-electron chi connectivity index (χ0n) is 16.5. The maximum atomic E-state index is 11.5. The van der Waals surface area contributed by atoms with E-state index in [0.717, 1.165) is 0 Å². The van der Waals surface area contributed by atoms with Crippen LogP contribution in [-0.2, 0) is 11.3 Å². The number of nitrogens with zero attached hydrogens (tertiary/aromatic N) is 5. The third-order valence-corrected chi connectivity index (χ3v) is 4.18. The molecule has 0 aliphatic carbocycles. The number of nitrogen functional groups attached to an aromatic ring is 1. The second-order valence-corrected chi connectivity index (χ2v) is 6.24. The van der Waals surface area contributed by atoms with Crippen molar-refractivity contribution in [3.8, 4) is 17.3 Å². The molecule has 10 nitrogen and oxygen atoms in total. The minimum atomic E-state index is -0.459. The van der Waals surface area contributed by atoms with E-state index >= 15 is 0 Å². The molecule has 10 heteroatoms. The Morgan fingerprint density at radius 2 is 2.16 bits per heavy atom. The van der Waals surface area contributed by atoms with E-state index in [1.54, 1.807) is 42.5 Å². The van der Waals surface area contributed by atoms with Crippen LogP contribution in [0.3, 0.4) is 0 Å². The molecule has 0 radical (unpaired) electrons. The SMILES string of the molecule is COC(=O)c1ccc(CN/C=C(\N=N)c2cc(-c3cccc(C#N)c3)nc(N)n2)nc1. The number of carbonyl (C=O) groups excluding carboxylic acids is 1. The van der Waals surface area contributed by atoms with Gasteiger partial charge in [0.15, 0.2) is 0 Å². The third kappa shape index (κ3) is 5.24. The highest BCUT2D eigenvalue weighted by molar-refractivity contribution is 5.88. The van der Waals surface area contributed by atoms with Gasteiger partial charge in [-0.3, -0.25) is 4.98 Å². The topological polar surface area (TPSA) is 163 Å². The summed E-state index contributed by atoms with van der Waals surface area (Å²) in [5.74, 6) is -0.441.